The smallest absolute Gasteiger partial charge is 0.0126 e. The van der Waals surface area contributed by atoms with Crippen LogP contribution in [0.3, 0.4) is 0 Å². The average Bonchev–Trinajstić information content (AvgIpc) is 2.65. The van der Waals surface area contributed by atoms with Crippen molar-refractivity contribution in [1.82, 2.24) is 4.90 Å². The van der Waals surface area contributed by atoms with Crippen molar-refractivity contribution in [1.29, 1.82) is 0 Å². The summed E-state index contributed by atoms with van der Waals surface area (Å²) in [7, 11) is 0. The van der Waals surface area contributed by atoms with Gasteiger partial charge in [0.2, 0.25) is 0 Å². The van der Waals surface area contributed by atoms with Gasteiger partial charge in [0.25, 0.3) is 0 Å². The number of nitrogens with zero attached hydrogens (tertiary/aromatic N) is 1. The third kappa shape index (κ3) is 1.32. The van der Waals surface area contributed by atoms with Gasteiger partial charge in [-0.15, -0.1) is 0 Å². The molecule has 0 N–H and O–H groups in total. The van der Waals surface area contributed by atoms with Crippen LogP contribution in [0.1, 0.15) is 51.4 Å². The highest BCUT2D eigenvalue weighted by molar-refractivity contribution is 4.94. The van der Waals surface area contributed by atoms with Crippen molar-refractivity contribution in [3.05, 3.63) is 0 Å². The molecule has 2 aliphatic heterocycles. The number of rotatable bonds is 0. The zero-order valence-electron chi connectivity index (χ0n) is 8.54. The number of hydrogen-bond donors (Lipinski definition) is 0. The lowest BCUT2D eigenvalue weighted by Gasteiger charge is -2.45. The van der Waals surface area contributed by atoms with Gasteiger partial charge in [-0.1, -0.05) is 12.8 Å². The topological polar surface area (TPSA) is 3.24 Å². The van der Waals surface area contributed by atoms with Crippen molar-refractivity contribution in [3.8, 4) is 0 Å². The molecule has 2 saturated heterocycles. The molecule has 1 nitrogen and oxygen atoms in total. The highest BCUT2D eigenvalue weighted by atomic mass is 15.2. The Morgan fingerprint density at radius 1 is 0.769 bits per heavy atom. The van der Waals surface area contributed by atoms with Gasteiger partial charge in [-0.25, -0.2) is 0 Å². The molecule has 0 radical (unpaired) electrons. The minimum Gasteiger partial charge on any atom is -0.297 e. The van der Waals surface area contributed by atoms with Crippen molar-refractivity contribution in [2.75, 3.05) is 6.54 Å². The molecular weight excluding hydrogens is 158 g/mol. The van der Waals surface area contributed by atoms with E-state index in [0.717, 1.165) is 18.0 Å². The standard InChI is InChI=1S/C12H21N/c1-2-6-12-10(4-1)7-8-11-5-3-9-13(11)12/h10-12H,1-9H2. The van der Waals surface area contributed by atoms with Crippen LogP contribution in [-0.4, -0.2) is 23.5 Å². The first-order valence-electron chi connectivity index (χ1n) is 6.21. The predicted molar refractivity (Wildman–Crippen MR) is 54.7 cm³/mol. The van der Waals surface area contributed by atoms with Gasteiger partial charge in [0.1, 0.15) is 0 Å². The zero-order valence-corrected chi connectivity index (χ0v) is 8.54. The lowest BCUT2D eigenvalue weighted by Crippen LogP contribution is -2.49. The maximum Gasteiger partial charge on any atom is 0.0126 e. The van der Waals surface area contributed by atoms with Crippen molar-refractivity contribution >= 4 is 0 Å². The summed E-state index contributed by atoms with van der Waals surface area (Å²) in [6.45, 7) is 1.42. The van der Waals surface area contributed by atoms with Gasteiger partial charge >= 0.3 is 0 Å². The molecule has 74 valence electrons. The number of fused-ring (bicyclic) bond motifs is 3. The molecule has 0 aromatic carbocycles. The van der Waals surface area contributed by atoms with E-state index in [4.69, 9.17) is 0 Å². The van der Waals surface area contributed by atoms with E-state index < -0.39 is 0 Å². The minimum atomic E-state index is 0.999. The molecule has 3 fully saturated rings. The second kappa shape index (κ2) is 3.27. The SMILES string of the molecule is C1CCC2C(C1)CCC1CCCN12. The summed E-state index contributed by atoms with van der Waals surface area (Å²) in [5.41, 5.74) is 0. The van der Waals surface area contributed by atoms with Crippen molar-refractivity contribution in [2.45, 2.75) is 63.5 Å². The fourth-order valence-corrected chi connectivity index (χ4v) is 3.97. The molecule has 1 heteroatoms. The van der Waals surface area contributed by atoms with E-state index in [1.165, 1.54) is 51.5 Å². The van der Waals surface area contributed by atoms with Crippen molar-refractivity contribution in [3.63, 3.8) is 0 Å². The summed E-state index contributed by atoms with van der Waals surface area (Å²) >= 11 is 0. The first kappa shape index (κ1) is 8.28. The molecule has 0 bridgehead atoms. The van der Waals surface area contributed by atoms with Crippen LogP contribution in [0.2, 0.25) is 0 Å². The molecule has 3 aliphatic rings. The van der Waals surface area contributed by atoms with Gasteiger partial charge in [0.15, 0.2) is 0 Å². The predicted octanol–water partition coefficient (Wildman–Crippen LogP) is 2.80. The lowest BCUT2D eigenvalue weighted by molar-refractivity contribution is 0.0425. The quantitative estimate of drug-likeness (QED) is 0.552. The Balaban J connectivity index is 1.77. The molecule has 0 aromatic rings. The van der Waals surface area contributed by atoms with E-state index in [-0.39, 0.29) is 0 Å². The summed E-state index contributed by atoms with van der Waals surface area (Å²) in [4.78, 5) is 2.87. The Kier molecular flexibility index (Phi) is 2.08. The Morgan fingerprint density at radius 2 is 1.69 bits per heavy atom. The van der Waals surface area contributed by atoms with Crippen LogP contribution in [-0.2, 0) is 0 Å². The summed E-state index contributed by atoms with van der Waals surface area (Å²) in [5.74, 6) is 1.09. The average molecular weight is 179 g/mol. The monoisotopic (exact) mass is 179 g/mol. The van der Waals surface area contributed by atoms with Crippen LogP contribution in [0, 0.1) is 5.92 Å². The molecule has 3 atom stereocenters. The molecule has 1 aliphatic carbocycles. The van der Waals surface area contributed by atoms with E-state index in [2.05, 4.69) is 4.90 Å². The maximum absolute atomic E-state index is 2.87. The second-order valence-corrected chi connectivity index (χ2v) is 5.22. The van der Waals surface area contributed by atoms with Crippen LogP contribution in [0.25, 0.3) is 0 Å². The van der Waals surface area contributed by atoms with Crippen LogP contribution in [0.4, 0.5) is 0 Å². The first-order chi connectivity index (χ1) is 6.45. The van der Waals surface area contributed by atoms with Crippen LogP contribution >= 0.6 is 0 Å². The normalized spacial score (nSPS) is 45.7. The summed E-state index contributed by atoms with van der Waals surface area (Å²) in [6.07, 6.45) is 12.1. The van der Waals surface area contributed by atoms with Gasteiger partial charge in [-0.3, -0.25) is 4.90 Å². The van der Waals surface area contributed by atoms with Gasteiger partial charge in [0.05, 0.1) is 0 Å². The molecule has 3 rings (SSSR count). The lowest BCUT2D eigenvalue weighted by atomic mass is 9.77. The van der Waals surface area contributed by atoms with E-state index >= 15 is 0 Å². The third-order valence-electron chi connectivity index (χ3n) is 4.59. The fourth-order valence-electron chi connectivity index (χ4n) is 3.97. The fraction of sp³-hybridized carbons (Fsp3) is 1.00. The Morgan fingerprint density at radius 3 is 2.69 bits per heavy atom. The molecule has 0 spiro atoms. The summed E-state index contributed by atoms with van der Waals surface area (Å²) in [5, 5.41) is 0. The van der Waals surface area contributed by atoms with Gasteiger partial charge in [-0.2, -0.15) is 0 Å². The number of hydrogen-bond acceptors (Lipinski definition) is 1. The molecule has 3 unspecified atom stereocenters. The minimum absolute atomic E-state index is 0.999. The zero-order chi connectivity index (χ0) is 8.67. The van der Waals surface area contributed by atoms with Crippen molar-refractivity contribution in [2.24, 2.45) is 5.92 Å². The molecule has 0 aromatic heterocycles. The highest BCUT2D eigenvalue weighted by Gasteiger charge is 2.39. The highest BCUT2D eigenvalue weighted by Crippen LogP contribution is 2.41. The number of piperidine rings is 1. The first-order valence-corrected chi connectivity index (χ1v) is 6.21. The molecule has 13 heavy (non-hydrogen) atoms. The van der Waals surface area contributed by atoms with Gasteiger partial charge in [0, 0.05) is 12.1 Å². The van der Waals surface area contributed by atoms with Crippen molar-refractivity contribution < 1.29 is 0 Å². The molecule has 0 amide bonds. The third-order valence-corrected chi connectivity index (χ3v) is 4.59. The molecule has 2 heterocycles. The van der Waals surface area contributed by atoms with Gasteiger partial charge in [-0.05, 0) is 51.0 Å². The Bertz CT molecular complexity index is 190. The largest absolute Gasteiger partial charge is 0.297 e. The molecular formula is C12H21N. The van der Waals surface area contributed by atoms with Crippen LogP contribution < -0.4 is 0 Å². The van der Waals surface area contributed by atoms with E-state index in [9.17, 15) is 0 Å². The van der Waals surface area contributed by atoms with Crippen LogP contribution in [0.15, 0.2) is 0 Å². The second-order valence-electron chi connectivity index (χ2n) is 5.22. The van der Waals surface area contributed by atoms with E-state index in [1.54, 1.807) is 6.42 Å². The van der Waals surface area contributed by atoms with Gasteiger partial charge < -0.3 is 0 Å². The van der Waals surface area contributed by atoms with E-state index in [0.29, 0.717) is 0 Å². The van der Waals surface area contributed by atoms with E-state index in [1.807, 2.05) is 0 Å². The Labute approximate surface area is 81.5 Å². The summed E-state index contributed by atoms with van der Waals surface area (Å²) < 4.78 is 0. The molecule has 1 saturated carbocycles. The maximum atomic E-state index is 2.87. The Hall–Kier alpha value is -0.0400. The van der Waals surface area contributed by atoms with Crippen LogP contribution in [0.5, 0.6) is 0 Å². The summed E-state index contributed by atoms with van der Waals surface area (Å²) in [6, 6.07) is 2.01.